The number of nitrogens with zero attached hydrogens (tertiary/aromatic N) is 1. The first-order valence-electron chi connectivity index (χ1n) is 5.62. The molecule has 0 aliphatic carbocycles. The average molecular weight is 295 g/mol. The van der Waals surface area contributed by atoms with E-state index in [2.05, 4.69) is 46.1 Å². The number of halogens is 1. The van der Waals surface area contributed by atoms with Crippen molar-refractivity contribution in [1.82, 2.24) is 10.3 Å². The van der Waals surface area contributed by atoms with E-state index in [0.29, 0.717) is 0 Å². The Labute approximate surface area is 109 Å². The third kappa shape index (κ3) is 2.58. The summed E-state index contributed by atoms with van der Waals surface area (Å²) in [6.07, 6.45) is 1.50. The van der Waals surface area contributed by atoms with E-state index in [1.54, 1.807) is 0 Å². The molecule has 0 saturated carbocycles. The predicted molar refractivity (Wildman–Crippen MR) is 71.8 cm³/mol. The van der Waals surface area contributed by atoms with E-state index in [-0.39, 0.29) is 0 Å². The first-order valence-corrected chi connectivity index (χ1v) is 6.42. The molecule has 0 aliphatic rings. The Morgan fingerprint density at radius 3 is 3.00 bits per heavy atom. The fourth-order valence-corrected chi connectivity index (χ4v) is 2.08. The van der Waals surface area contributed by atoms with Crippen LogP contribution in [0.25, 0.3) is 11.3 Å². The molecule has 0 spiro atoms. The Kier molecular flexibility index (Phi) is 3.97. The number of hydrogen-bond acceptors (Lipinski definition) is 3. The third-order valence-corrected chi connectivity index (χ3v) is 3.56. The van der Waals surface area contributed by atoms with Crippen LogP contribution in [0.4, 0.5) is 0 Å². The van der Waals surface area contributed by atoms with Gasteiger partial charge in [-0.2, -0.15) is 0 Å². The number of hydrogen-bond donors (Lipinski definition) is 1. The lowest BCUT2D eigenvalue weighted by Gasteiger charge is -2.06. The second-order valence-corrected chi connectivity index (χ2v) is 4.68. The molecule has 1 aromatic carbocycles. The quantitative estimate of drug-likeness (QED) is 0.937. The second kappa shape index (κ2) is 5.47. The van der Waals surface area contributed by atoms with Gasteiger partial charge in [-0.1, -0.05) is 35.0 Å². The van der Waals surface area contributed by atoms with Gasteiger partial charge < -0.3 is 9.73 Å². The molecule has 0 amide bonds. The molecule has 2 rings (SSSR count). The van der Waals surface area contributed by atoms with Crippen molar-refractivity contribution in [2.45, 2.75) is 20.4 Å². The summed E-state index contributed by atoms with van der Waals surface area (Å²) in [5, 5.41) is 3.26. The fraction of sp³-hybridized carbons (Fsp3) is 0.308. The molecule has 1 heterocycles. The minimum atomic E-state index is 0.730. The van der Waals surface area contributed by atoms with Crippen LogP contribution in [0.5, 0.6) is 0 Å². The minimum Gasteiger partial charge on any atom is -0.443 e. The Balaban J connectivity index is 2.39. The van der Waals surface area contributed by atoms with Gasteiger partial charge in [-0.05, 0) is 25.1 Å². The Hall–Kier alpha value is -1.13. The molecular formula is C13H15BrN2O. The largest absolute Gasteiger partial charge is 0.443 e. The molecule has 4 heteroatoms. The van der Waals surface area contributed by atoms with Gasteiger partial charge in [0.15, 0.2) is 12.2 Å². The zero-order valence-corrected chi connectivity index (χ0v) is 11.5. The number of nitrogens with one attached hydrogen (secondary N) is 1. The summed E-state index contributed by atoms with van der Waals surface area (Å²) < 4.78 is 6.60. The molecule has 17 heavy (non-hydrogen) atoms. The van der Waals surface area contributed by atoms with Gasteiger partial charge in [-0.25, -0.2) is 4.98 Å². The number of oxazole rings is 1. The molecule has 2 aromatic rings. The summed E-state index contributed by atoms with van der Waals surface area (Å²) >= 11 is 3.53. The summed E-state index contributed by atoms with van der Waals surface area (Å²) in [7, 11) is 0. The van der Waals surface area contributed by atoms with E-state index < -0.39 is 0 Å². The molecule has 3 nitrogen and oxygen atoms in total. The van der Waals surface area contributed by atoms with Crippen LogP contribution in [-0.4, -0.2) is 11.5 Å². The maximum atomic E-state index is 5.51. The molecule has 0 saturated heterocycles. The molecule has 0 bridgehead atoms. The molecule has 90 valence electrons. The molecule has 0 unspecified atom stereocenters. The zero-order chi connectivity index (χ0) is 12.3. The lowest BCUT2D eigenvalue weighted by molar-refractivity contribution is 0.569. The molecule has 1 N–H and O–H groups in total. The third-order valence-electron chi connectivity index (χ3n) is 2.70. The minimum absolute atomic E-state index is 0.730. The smallest absolute Gasteiger partial charge is 0.181 e. The topological polar surface area (TPSA) is 38.1 Å². The highest BCUT2D eigenvalue weighted by molar-refractivity contribution is 9.10. The molecule has 0 fully saturated rings. The Morgan fingerprint density at radius 2 is 2.24 bits per heavy atom. The lowest BCUT2D eigenvalue weighted by atomic mass is 10.1. The van der Waals surface area contributed by atoms with Crippen molar-refractivity contribution in [2.75, 3.05) is 6.54 Å². The normalized spacial score (nSPS) is 10.8. The molecule has 0 aliphatic heterocycles. The van der Waals surface area contributed by atoms with Crippen LogP contribution in [0.2, 0.25) is 0 Å². The lowest BCUT2D eigenvalue weighted by Crippen LogP contribution is -2.12. The molecule has 1 aromatic heterocycles. The van der Waals surface area contributed by atoms with Crippen LogP contribution in [0, 0.1) is 6.92 Å². The van der Waals surface area contributed by atoms with Crippen molar-refractivity contribution in [2.24, 2.45) is 0 Å². The van der Waals surface area contributed by atoms with Gasteiger partial charge in [-0.15, -0.1) is 0 Å². The Bertz CT molecular complexity index is 508. The fourth-order valence-electron chi connectivity index (χ4n) is 1.71. The van der Waals surface area contributed by atoms with Crippen LogP contribution < -0.4 is 5.32 Å². The molecular weight excluding hydrogens is 280 g/mol. The van der Waals surface area contributed by atoms with Crippen molar-refractivity contribution in [3.63, 3.8) is 0 Å². The zero-order valence-electron chi connectivity index (χ0n) is 9.96. The summed E-state index contributed by atoms with van der Waals surface area (Å²) in [4.78, 5) is 4.26. The van der Waals surface area contributed by atoms with E-state index in [9.17, 15) is 0 Å². The molecule has 0 radical (unpaired) electrons. The van der Waals surface area contributed by atoms with Gasteiger partial charge in [0, 0.05) is 16.6 Å². The van der Waals surface area contributed by atoms with Gasteiger partial charge in [0.2, 0.25) is 0 Å². The van der Waals surface area contributed by atoms with Crippen molar-refractivity contribution in [3.8, 4) is 11.3 Å². The maximum Gasteiger partial charge on any atom is 0.181 e. The van der Waals surface area contributed by atoms with Gasteiger partial charge in [-0.3, -0.25) is 0 Å². The van der Waals surface area contributed by atoms with Crippen molar-refractivity contribution in [3.05, 3.63) is 40.3 Å². The van der Waals surface area contributed by atoms with Gasteiger partial charge in [0.05, 0.1) is 0 Å². The predicted octanol–water partition coefficient (Wildman–Crippen LogP) is 3.52. The van der Waals surface area contributed by atoms with E-state index in [4.69, 9.17) is 4.42 Å². The SMILES string of the molecule is CCNCc1ncoc1-c1cccc(Br)c1C. The second-order valence-electron chi connectivity index (χ2n) is 3.82. The number of benzene rings is 1. The van der Waals surface area contributed by atoms with Crippen LogP contribution >= 0.6 is 15.9 Å². The summed E-state index contributed by atoms with van der Waals surface area (Å²) in [5.74, 6) is 0.852. The first kappa shape index (κ1) is 12.3. The number of rotatable bonds is 4. The summed E-state index contributed by atoms with van der Waals surface area (Å²) in [6, 6.07) is 6.08. The first-order chi connectivity index (χ1) is 8.24. The number of aromatic nitrogens is 1. The van der Waals surface area contributed by atoms with E-state index >= 15 is 0 Å². The Morgan fingerprint density at radius 1 is 1.41 bits per heavy atom. The highest BCUT2D eigenvalue weighted by Crippen LogP contribution is 2.30. The van der Waals surface area contributed by atoms with Crippen molar-refractivity contribution in [1.29, 1.82) is 0 Å². The summed E-state index contributed by atoms with van der Waals surface area (Å²) in [5.41, 5.74) is 3.21. The van der Waals surface area contributed by atoms with Crippen molar-refractivity contribution < 1.29 is 4.42 Å². The standard InChI is InChI=1S/C13H15BrN2O/c1-3-15-7-12-13(17-8-16-12)10-5-4-6-11(14)9(10)2/h4-6,8,15H,3,7H2,1-2H3. The van der Waals surface area contributed by atoms with Crippen molar-refractivity contribution >= 4 is 15.9 Å². The van der Waals surface area contributed by atoms with E-state index in [0.717, 1.165) is 34.6 Å². The van der Waals surface area contributed by atoms with Crippen LogP contribution in [-0.2, 0) is 6.54 Å². The summed E-state index contributed by atoms with van der Waals surface area (Å²) in [6.45, 7) is 5.79. The van der Waals surface area contributed by atoms with Crippen LogP contribution in [0.1, 0.15) is 18.2 Å². The van der Waals surface area contributed by atoms with Gasteiger partial charge in [0.25, 0.3) is 0 Å². The van der Waals surface area contributed by atoms with Crippen LogP contribution in [0.15, 0.2) is 33.5 Å². The monoisotopic (exact) mass is 294 g/mol. The maximum absolute atomic E-state index is 5.51. The van der Waals surface area contributed by atoms with Gasteiger partial charge >= 0.3 is 0 Å². The van der Waals surface area contributed by atoms with E-state index in [1.165, 1.54) is 12.0 Å². The van der Waals surface area contributed by atoms with Crippen LogP contribution in [0.3, 0.4) is 0 Å². The average Bonchev–Trinajstić information content (AvgIpc) is 2.78. The van der Waals surface area contributed by atoms with Gasteiger partial charge in [0.1, 0.15) is 5.69 Å². The highest BCUT2D eigenvalue weighted by Gasteiger charge is 2.13. The van der Waals surface area contributed by atoms with E-state index in [1.807, 2.05) is 12.1 Å². The highest BCUT2D eigenvalue weighted by atomic mass is 79.9. The molecule has 0 atom stereocenters.